The Kier molecular flexibility index (Phi) is 5.62. The van der Waals surface area contributed by atoms with E-state index in [0.29, 0.717) is 0 Å². The topological polar surface area (TPSA) is 93.3 Å². The number of alkyl halides is 5. The van der Waals surface area contributed by atoms with Gasteiger partial charge in [-0.1, -0.05) is 19.0 Å². The van der Waals surface area contributed by atoms with Gasteiger partial charge in [0.1, 0.15) is 12.0 Å². The predicted octanol–water partition coefficient (Wildman–Crippen LogP) is 4.15. The number of aromatic nitrogens is 2. The van der Waals surface area contributed by atoms with Crippen LogP contribution in [-0.2, 0) is 12.6 Å². The summed E-state index contributed by atoms with van der Waals surface area (Å²) < 4.78 is 71.5. The van der Waals surface area contributed by atoms with E-state index in [2.05, 4.69) is 14.7 Å². The first-order valence-electron chi connectivity index (χ1n) is 7.55. The van der Waals surface area contributed by atoms with Gasteiger partial charge in [0.2, 0.25) is 5.78 Å². The fraction of sp³-hybridized carbons (Fsp3) is 0.375. The van der Waals surface area contributed by atoms with E-state index in [0.717, 1.165) is 12.3 Å². The molecular weight excluding hydrogens is 379 g/mol. The summed E-state index contributed by atoms with van der Waals surface area (Å²) >= 11 is 0. The van der Waals surface area contributed by atoms with E-state index in [9.17, 15) is 36.6 Å². The van der Waals surface area contributed by atoms with Gasteiger partial charge in [0.15, 0.2) is 11.4 Å². The van der Waals surface area contributed by atoms with Crippen LogP contribution in [0.25, 0.3) is 0 Å². The molecule has 1 N–H and O–H groups in total. The maximum atomic E-state index is 13.5. The molecule has 0 unspecified atom stereocenters. The second-order valence-electron chi connectivity index (χ2n) is 5.99. The monoisotopic (exact) mass is 392 g/mol. The number of rotatable bonds is 6. The number of ketones is 1. The average molecular weight is 392 g/mol. The molecule has 27 heavy (non-hydrogen) atoms. The molecule has 0 radical (unpaired) electrons. The average Bonchev–Trinajstić information content (AvgIpc) is 3.05. The summed E-state index contributed by atoms with van der Waals surface area (Å²) in [5.41, 5.74) is -6.85. The van der Waals surface area contributed by atoms with Crippen LogP contribution in [-0.4, -0.2) is 27.0 Å². The normalized spacial score (nSPS) is 12.0. The molecule has 6 nitrogen and oxygen atoms in total. The first kappa shape index (κ1) is 20.5. The minimum atomic E-state index is -5.28. The van der Waals surface area contributed by atoms with Crippen molar-refractivity contribution in [2.24, 2.45) is 5.92 Å². The Labute approximate surface area is 149 Å². The Morgan fingerprint density at radius 3 is 2.26 bits per heavy atom. The zero-order valence-corrected chi connectivity index (χ0v) is 14.0. The number of pyridine rings is 1. The van der Waals surface area contributed by atoms with Crippen molar-refractivity contribution in [1.29, 1.82) is 0 Å². The molecule has 0 aliphatic heterocycles. The van der Waals surface area contributed by atoms with Crippen molar-refractivity contribution in [3.63, 3.8) is 0 Å². The fourth-order valence-corrected chi connectivity index (χ4v) is 2.57. The summed E-state index contributed by atoms with van der Waals surface area (Å²) in [6.07, 6.45) is -8.30. The van der Waals surface area contributed by atoms with Gasteiger partial charge in [-0.3, -0.25) is 4.79 Å². The first-order chi connectivity index (χ1) is 12.4. The molecule has 11 heteroatoms. The first-order valence-corrected chi connectivity index (χ1v) is 7.55. The number of carboxylic acids is 1. The van der Waals surface area contributed by atoms with Crippen molar-refractivity contribution in [2.75, 3.05) is 0 Å². The number of nitrogens with zero attached hydrogens (tertiary/aromatic N) is 2. The van der Waals surface area contributed by atoms with Crippen LogP contribution in [0.15, 0.2) is 16.9 Å². The van der Waals surface area contributed by atoms with Crippen molar-refractivity contribution in [3.05, 3.63) is 46.1 Å². The largest absolute Gasteiger partial charge is 0.478 e. The Morgan fingerprint density at radius 2 is 1.85 bits per heavy atom. The Hall–Kier alpha value is -2.85. The lowest BCUT2D eigenvalue weighted by Crippen LogP contribution is -2.25. The number of hydrogen-bond acceptors (Lipinski definition) is 5. The molecular formula is C16H13F5N2O4. The van der Waals surface area contributed by atoms with E-state index in [1.54, 1.807) is 0 Å². The molecule has 0 aliphatic rings. The van der Waals surface area contributed by atoms with Gasteiger partial charge in [0, 0.05) is 6.07 Å². The Morgan fingerprint density at radius 1 is 1.22 bits per heavy atom. The zero-order valence-electron chi connectivity index (χ0n) is 14.0. The highest BCUT2D eigenvalue weighted by Crippen LogP contribution is 2.38. The quantitative estimate of drug-likeness (QED) is 0.586. The highest BCUT2D eigenvalue weighted by atomic mass is 19.4. The fourth-order valence-electron chi connectivity index (χ4n) is 2.57. The summed E-state index contributed by atoms with van der Waals surface area (Å²) in [5, 5.41) is 12.6. The third kappa shape index (κ3) is 4.12. The van der Waals surface area contributed by atoms with Gasteiger partial charge in [-0.05, 0) is 17.9 Å². The molecule has 0 aliphatic carbocycles. The number of carbonyl (C=O) groups excluding carboxylic acids is 1. The van der Waals surface area contributed by atoms with Crippen LogP contribution in [0.1, 0.15) is 63.6 Å². The molecule has 0 fully saturated rings. The molecule has 0 atom stereocenters. The van der Waals surface area contributed by atoms with Crippen molar-refractivity contribution >= 4 is 11.8 Å². The number of hydrogen-bond donors (Lipinski definition) is 1. The maximum absolute atomic E-state index is 13.5. The van der Waals surface area contributed by atoms with Crippen LogP contribution in [0.5, 0.6) is 0 Å². The van der Waals surface area contributed by atoms with Gasteiger partial charge in [0.05, 0.1) is 11.1 Å². The predicted molar refractivity (Wildman–Crippen MR) is 79.6 cm³/mol. The molecule has 2 rings (SSSR count). The van der Waals surface area contributed by atoms with Crippen molar-refractivity contribution < 1.29 is 41.2 Å². The standard InChI is InChI=1S/C16H13F5N2O4/c1-6(2)5-7-9(15(25)26)11(14(17)18)22-13(16(19,20)21)10(7)12(24)8-3-4-27-23-8/h3-4,6,14H,5H2,1-2H3,(H,25,26). The van der Waals surface area contributed by atoms with Crippen LogP contribution >= 0.6 is 0 Å². The minimum absolute atomic E-state index is 0.369. The van der Waals surface area contributed by atoms with E-state index in [-0.39, 0.29) is 6.42 Å². The van der Waals surface area contributed by atoms with Crippen molar-refractivity contribution in [1.82, 2.24) is 10.1 Å². The van der Waals surface area contributed by atoms with Crippen molar-refractivity contribution in [2.45, 2.75) is 32.9 Å². The molecule has 2 aromatic rings. The Bertz CT molecular complexity index is 861. The molecule has 0 aromatic carbocycles. The molecule has 0 saturated carbocycles. The number of aromatic carboxylic acids is 1. The molecule has 0 amide bonds. The van der Waals surface area contributed by atoms with E-state index < -0.39 is 64.0 Å². The van der Waals surface area contributed by atoms with Crippen molar-refractivity contribution in [3.8, 4) is 0 Å². The Balaban J connectivity index is 2.98. The van der Waals surface area contributed by atoms with Gasteiger partial charge in [-0.25, -0.2) is 18.6 Å². The summed E-state index contributed by atoms with van der Waals surface area (Å²) in [7, 11) is 0. The van der Waals surface area contributed by atoms with E-state index >= 15 is 0 Å². The molecule has 0 bridgehead atoms. The highest BCUT2D eigenvalue weighted by Gasteiger charge is 2.43. The van der Waals surface area contributed by atoms with Gasteiger partial charge >= 0.3 is 12.1 Å². The molecule has 2 aromatic heterocycles. The summed E-state index contributed by atoms with van der Waals surface area (Å²) in [4.78, 5) is 27.0. The number of halogens is 5. The second kappa shape index (κ2) is 7.41. The summed E-state index contributed by atoms with van der Waals surface area (Å²) in [6, 6.07) is 0.975. The second-order valence-corrected chi connectivity index (χ2v) is 5.99. The van der Waals surface area contributed by atoms with Crippen LogP contribution in [0.4, 0.5) is 22.0 Å². The van der Waals surface area contributed by atoms with Crippen LogP contribution in [0.3, 0.4) is 0 Å². The third-order valence-corrected chi connectivity index (χ3v) is 3.53. The SMILES string of the molecule is CC(C)Cc1c(C(=O)O)c(C(F)F)nc(C(F)(F)F)c1C(=O)c1ccon1. The number of carboxylic acid groups (broad SMARTS) is 1. The minimum Gasteiger partial charge on any atom is -0.478 e. The van der Waals surface area contributed by atoms with Gasteiger partial charge in [-0.15, -0.1) is 0 Å². The lowest BCUT2D eigenvalue weighted by atomic mass is 9.88. The molecule has 2 heterocycles. The van der Waals surface area contributed by atoms with Crippen LogP contribution < -0.4 is 0 Å². The molecule has 0 spiro atoms. The summed E-state index contributed by atoms with van der Waals surface area (Å²) in [5.74, 6) is -3.67. The lowest BCUT2D eigenvalue weighted by molar-refractivity contribution is -0.141. The molecule has 146 valence electrons. The van der Waals surface area contributed by atoms with Gasteiger partial charge in [0.25, 0.3) is 6.43 Å². The van der Waals surface area contributed by atoms with Crippen LogP contribution in [0.2, 0.25) is 0 Å². The van der Waals surface area contributed by atoms with E-state index in [1.807, 2.05) is 0 Å². The van der Waals surface area contributed by atoms with Gasteiger partial charge in [-0.2, -0.15) is 13.2 Å². The summed E-state index contributed by atoms with van der Waals surface area (Å²) in [6.45, 7) is 3.07. The van der Waals surface area contributed by atoms with Crippen LogP contribution in [0, 0.1) is 5.92 Å². The lowest BCUT2D eigenvalue weighted by Gasteiger charge is -2.20. The number of carbonyl (C=O) groups is 2. The maximum Gasteiger partial charge on any atom is 0.434 e. The molecule has 0 saturated heterocycles. The smallest absolute Gasteiger partial charge is 0.434 e. The van der Waals surface area contributed by atoms with E-state index in [4.69, 9.17) is 0 Å². The third-order valence-electron chi connectivity index (χ3n) is 3.53. The van der Waals surface area contributed by atoms with Gasteiger partial charge < -0.3 is 9.63 Å². The van der Waals surface area contributed by atoms with E-state index in [1.165, 1.54) is 13.8 Å². The highest BCUT2D eigenvalue weighted by molar-refractivity contribution is 6.11. The zero-order chi connectivity index (χ0) is 20.5.